The molecule has 0 radical (unpaired) electrons. The van der Waals surface area contributed by atoms with Gasteiger partial charge in [0, 0.05) is 18.7 Å². The second-order valence-corrected chi connectivity index (χ2v) is 7.92. The van der Waals surface area contributed by atoms with Crippen molar-refractivity contribution in [2.75, 3.05) is 26.2 Å². The van der Waals surface area contributed by atoms with E-state index in [1.807, 2.05) is 6.07 Å². The lowest BCUT2D eigenvalue weighted by Gasteiger charge is -2.26. The van der Waals surface area contributed by atoms with Crippen LogP contribution >= 0.6 is 12.4 Å². The standard InChI is InChI=1S/C24H24N4O3.ClH/c25-15-17-4-6-18(7-5-17)16-28-23(30)20-9-8-19(14-21(20)24(28)31)22(29)26-10-13-27-11-2-1-3-12-27;/h4-9,14H,1-3,10-13,16H2,(H,26,29);1H. The number of halogens is 1. The Kier molecular flexibility index (Phi) is 7.62. The predicted molar refractivity (Wildman–Crippen MR) is 122 cm³/mol. The third kappa shape index (κ3) is 4.98. The molecule has 166 valence electrons. The Morgan fingerprint density at radius 3 is 2.34 bits per heavy atom. The number of carbonyl (C=O) groups is 3. The van der Waals surface area contributed by atoms with Crippen LogP contribution in [0, 0.1) is 11.3 Å². The maximum atomic E-state index is 12.8. The molecule has 1 saturated heterocycles. The molecule has 2 heterocycles. The highest BCUT2D eigenvalue weighted by atomic mass is 35.5. The third-order valence-corrected chi connectivity index (χ3v) is 5.82. The molecule has 0 atom stereocenters. The van der Waals surface area contributed by atoms with Crippen LogP contribution in [0.1, 0.15) is 61.5 Å². The number of nitrogens with one attached hydrogen (secondary N) is 1. The van der Waals surface area contributed by atoms with Gasteiger partial charge in [0.1, 0.15) is 0 Å². The van der Waals surface area contributed by atoms with E-state index in [4.69, 9.17) is 5.26 Å². The van der Waals surface area contributed by atoms with E-state index < -0.39 is 5.91 Å². The minimum atomic E-state index is -0.410. The Bertz CT molecular complexity index is 1060. The molecule has 2 aromatic rings. The topological polar surface area (TPSA) is 93.5 Å². The van der Waals surface area contributed by atoms with Gasteiger partial charge in [-0.3, -0.25) is 19.3 Å². The van der Waals surface area contributed by atoms with E-state index in [0.29, 0.717) is 23.2 Å². The van der Waals surface area contributed by atoms with Gasteiger partial charge in [0.15, 0.2) is 0 Å². The summed E-state index contributed by atoms with van der Waals surface area (Å²) in [6, 6.07) is 13.4. The fraction of sp³-hybridized carbons (Fsp3) is 0.333. The molecule has 4 rings (SSSR count). The van der Waals surface area contributed by atoms with Gasteiger partial charge in [-0.25, -0.2) is 0 Å². The van der Waals surface area contributed by atoms with Gasteiger partial charge in [-0.15, -0.1) is 12.4 Å². The van der Waals surface area contributed by atoms with Crippen molar-refractivity contribution in [3.05, 3.63) is 70.3 Å². The van der Waals surface area contributed by atoms with Gasteiger partial charge in [-0.1, -0.05) is 18.6 Å². The van der Waals surface area contributed by atoms with Crippen LogP contribution in [0.2, 0.25) is 0 Å². The molecular formula is C24H25ClN4O3. The molecule has 0 unspecified atom stereocenters. The molecule has 7 nitrogen and oxygen atoms in total. The first-order valence-electron chi connectivity index (χ1n) is 10.6. The Hall–Kier alpha value is -3.21. The van der Waals surface area contributed by atoms with Crippen molar-refractivity contribution < 1.29 is 14.4 Å². The minimum absolute atomic E-state index is 0. The summed E-state index contributed by atoms with van der Waals surface area (Å²) < 4.78 is 0. The lowest BCUT2D eigenvalue weighted by Crippen LogP contribution is -2.37. The molecule has 0 aromatic heterocycles. The number of imide groups is 1. The molecule has 8 heteroatoms. The lowest BCUT2D eigenvalue weighted by atomic mass is 10.1. The summed E-state index contributed by atoms with van der Waals surface area (Å²) >= 11 is 0. The maximum Gasteiger partial charge on any atom is 0.261 e. The van der Waals surface area contributed by atoms with Crippen LogP contribution in [0.4, 0.5) is 0 Å². The van der Waals surface area contributed by atoms with Gasteiger partial charge >= 0.3 is 0 Å². The van der Waals surface area contributed by atoms with E-state index >= 15 is 0 Å². The second kappa shape index (κ2) is 10.4. The molecular weight excluding hydrogens is 428 g/mol. The molecule has 1 fully saturated rings. The Labute approximate surface area is 193 Å². The number of likely N-dealkylation sites (tertiary alicyclic amines) is 1. The quantitative estimate of drug-likeness (QED) is 0.680. The van der Waals surface area contributed by atoms with Crippen LogP contribution < -0.4 is 5.32 Å². The van der Waals surface area contributed by atoms with Gasteiger partial charge in [0.05, 0.1) is 29.3 Å². The van der Waals surface area contributed by atoms with Gasteiger partial charge in [-0.05, 0) is 61.8 Å². The molecule has 0 bridgehead atoms. The first-order chi connectivity index (χ1) is 15.1. The number of hydrogen-bond acceptors (Lipinski definition) is 5. The van der Waals surface area contributed by atoms with Gasteiger partial charge in [0.25, 0.3) is 17.7 Å². The number of rotatable bonds is 6. The smallest absolute Gasteiger partial charge is 0.261 e. The first kappa shape index (κ1) is 23.5. The van der Waals surface area contributed by atoms with Crippen molar-refractivity contribution in [3.63, 3.8) is 0 Å². The fourth-order valence-electron chi connectivity index (χ4n) is 4.06. The zero-order valence-corrected chi connectivity index (χ0v) is 18.5. The molecule has 32 heavy (non-hydrogen) atoms. The Balaban J connectivity index is 0.00000289. The van der Waals surface area contributed by atoms with E-state index in [9.17, 15) is 14.4 Å². The molecule has 1 N–H and O–H groups in total. The summed E-state index contributed by atoms with van der Waals surface area (Å²) in [5.74, 6) is -1.03. The summed E-state index contributed by atoms with van der Waals surface area (Å²) in [6.45, 7) is 3.62. The zero-order chi connectivity index (χ0) is 21.8. The zero-order valence-electron chi connectivity index (χ0n) is 17.7. The molecule has 0 saturated carbocycles. The maximum absolute atomic E-state index is 12.8. The van der Waals surface area contributed by atoms with E-state index in [1.54, 1.807) is 36.4 Å². The molecule has 2 aromatic carbocycles. The third-order valence-electron chi connectivity index (χ3n) is 5.82. The van der Waals surface area contributed by atoms with E-state index in [2.05, 4.69) is 10.2 Å². The normalized spacial score (nSPS) is 15.7. The average molecular weight is 453 g/mol. The molecule has 2 aliphatic heterocycles. The van der Waals surface area contributed by atoms with Crippen molar-refractivity contribution in [1.82, 2.24) is 15.1 Å². The number of fused-ring (bicyclic) bond motifs is 1. The molecule has 0 spiro atoms. The lowest BCUT2D eigenvalue weighted by molar-refractivity contribution is 0.0642. The summed E-state index contributed by atoms with van der Waals surface area (Å²) in [6.07, 6.45) is 3.68. The predicted octanol–water partition coefficient (Wildman–Crippen LogP) is 2.99. The van der Waals surface area contributed by atoms with E-state index in [1.165, 1.54) is 30.2 Å². The van der Waals surface area contributed by atoms with Gasteiger partial charge in [0.2, 0.25) is 0 Å². The molecule has 2 aliphatic rings. The average Bonchev–Trinajstić information content (AvgIpc) is 3.04. The number of amides is 3. The van der Waals surface area contributed by atoms with Crippen LogP contribution in [-0.4, -0.2) is 53.7 Å². The molecule has 0 aliphatic carbocycles. The van der Waals surface area contributed by atoms with Gasteiger partial charge < -0.3 is 10.2 Å². The number of benzene rings is 2. The van der Waals surface area contributed by atoms with Crippen molar-refractivity contribution in [2.45, 2.75) is 25.8 Å². The first-order valence-corrected chi connectivity index (χ1v) is 10.6. The highest BCUT2D eigenvalue weighted by Crippen LogP contribution is 2.26. The Morgan fingerprint density at radius 2 is 1.66 bits per heavy atom. The SMILES string of the molecule is Cl.N#Cc1ccc(CN2C(=O)c3ccc(C(=O)NCCN4CCCCC4)cc3C2=O)cc1. The number of hydrogen-bond donors (Lipinski definition) is 1. The fourth-order valence-corrected chi connectivity index (χ4v) is 4.06. The van der Waals surface area contributed by atoms with Crippen molar-refractivity contribution in [1.29, 1.82) is 5.26 Å². The number of piperidine rings is 1. The highest BCUT2D eigenvalue weighted by molar-refractivity contribution is 6.22. The van der Waals surface area contributed by atoms with Crippen LogP contribution in [-0.2, 0) is 6.54 Å². The van der Waals surface area contributed by atoms with Gasteiger partial charge in [-0.2, -0.15) is 5.26 Å². The van der Waals surface area contributed by atoms with Crippen LogP contribution in [0.5, 0.6) is 0 Å². The van der Waals surface area contributed by atoms with Crippen molar-refractivity contribution in [3.8, 4) is 6.07 Å². The van der Waals surface area contributed by atoms with Crippen LogP contribution in [0.25, 0.3) is 0 Å². The van der Waals surface area contributed by atoms with Crippen LogP contribution in [0.3, 0.4) is 0 Å². The largest absolute Gasteiger partial charge is 0.351 e. The number of carbonyl (C=O) groups excluding carboxylic acids is 3. The van der Waals surface area contributed by atoms with E-state index in [-0.39, 0.29) is 36.3 Å². The minimum Gasteiger partial charge on any atom is -0.351 e. The van der Waals surface area contributed by atoms with Crippen LogP contribution in [0.15, 0.2) is 42.5 Å². The summed E-state index contributed by atoms with van der Waals surface area (Å²) in [4.78, 5) is 41.6. The Morgan fingerprint density at radius 1 is 0.969 bits per heavy atom. The second-order valence-electron chi connectivity index (χ2n) is 7.92. The van der Waals surface area contributed by atoms with Crippen molar-refractivity contribution in [2.24, 2.45) is 0 Å². The summed E-state index contributed by atoms with van der Waals surface area (Å²) in [5, 5.41) is 11.8. The summed E-state index contributed by atoms with van der Waals surface area (Å²) in [7, 11) is 0. The highest BCUT2D eigenvalue weighted by Gasteiger charge is 2.36. The molecule has 3 amide bonds. The number of nitrogens with zero attached hydrogens (tertiary/aromatic N) is 3. The number of nitriles is 1. The monoisotopic (exact) mass is 452 g/mol. The van der Waals surface area contributed by atoms with E-state index in [0.717, 1.165) is 25.2 Å². The summed E-state index contributed by atoms with van der Waals surface area (Å²) in [5.41, 5.74) is 2.20. The van der Waals surface area contributed by atoms with Crippen molar-refractivity contribution >= 4 is 30.1 Å².